The Morgan fingerprint density at radius 3 is 3.04 bits per heavy atom. The van der Waals surface area contributed by atoms with Crippen LogP contribution in [-0.2, 0) is 12.8 Å². The molecule has 1 aliphatic rings. The van der Waals surface area contributed by atoms with Gasteiger partial charge in [0.15, 0.2) is 5.76 Å². The number of nitrogens with one attached hydrogen (secondary N) is 2. The van der Waals surface area contributed by atoms with Crippen molar-refractivity contribution in [1.29, 1.82) is 0 Å². The van der Waals surface area contributed by atoms with Crippen molar-refractivity contribution in [2.24, 2.45) is 0 Å². The molecule has 0 spiro atoms. The van der Waals surface area contributed by atoms with Gasteiger partial charge in [0.25, 0.3) is 5.91 Å². The first-order chi connectivity index (χ1) is 11.6. The zero-order valence-corrected chi connectivity index (χ0v) is 14.5. The van der Waals surface area contributed by atoms with Crippen LogP contribution in [0.25, 0.3) is 11.3 Å². The number of aromatic amines is 1. The fourth-order valence-electron chi connectivity index (χ4n) is 3.24. The third kappa shape index (κ3) is 3.16. The number of aromatic nitrogens is 2. The minimum atomic E-state index is -0.147. The average molecular weight is 327 g/mol. The van der Waals surface area contributed by atoms with Gasteiger partial charge < -0.3 is 9.73 Å². The van der Waals surface area contributed by atoms with Gasteiger partial charge in [0.1, 0.15) is 5.76 Å². The number of aryl methyl sites for hydroxylation is 2. The summed E-state index contributed by atoms with van der Waals surface area (Å²) in [5.74, 6) is 1.15. The number of nitrogens with zero attached hydrogens (tertiary/aromatic N) is 1. The number of H-pyrrole nitrogens is 1. The molecule has 0 aliphatic heterocycles. The van der Waals surface area contributed by atoms with E-state index in [2.05, 4.69) is 29.0 Å². The van der Waals surface area contributed by atoms with Gasteiger partial charge in [0.2, 0.25) is 0 Å². The van der Waals surface area contributed by atoms with E-state index in [0.717, 1.165) is 61.1 Å². The molecule has 2 aromatic rings. The van der Waals surface area contributed by atoms with Crippen molar-refractivity contribution in [1.82, 2.24) is 15.5 Å². The highest BCUT2D eigenvalue weighted by Crippen LogP contribution is 2.37. The van der Waals surface area contributed by atoms with E-state index in [1.54, 1.807) is 0 Å². The Bertz CT molecular complexity index is 755. The van der Waals surface area contributed by atoms with Crippen LogP contribution < -0.4 is 5.32 Å². The molecule has 2 heterocycles. The molecular formula is C19H25N3O2. The Morgan fingerprint density at radius 2 is 2.25 bits per heavy atom. The number of rotatable bonds is 7. The molecule has 0 fully saturated rings. The van der Waals surface area contributed by atoms with Gasteiger partial charge in [-0.15, -0.1) is 0 Å². The van der Waals surface area contributed by atoms with Crippen LogP contribution in [0, 0.1) is 6.92 Å². The van der Waals surface area contributed by atoms with Crippen molar-refractivity contribution in [2.75, 3.05) is 6.54 Å². The Balaban J connectivity index is 1.66. The number of carbonyl (C=O) groups excluding carboxylic acids is 1. The van der Waals surface area contributed by atoms with Crippen LogP contribution in [0.5, 0.6) is 0 Å². The van der Waals surface area contributed by atoms with E-state index >= 15 is 0 Å². The molecule has 2 aromatic heterocycles. The van der Waals surface area contributed by atoms with E-state index < -0.39 is 0 Å². The summed E-state index contributed by atoms with van der Waals surface area (Å²) in [6.45, 7) is 8.77. The number of unbranched alkanes of at least 4 members (excludes halogenated alkanes) is 1. The summed E-state index contributed by atoms with van der Waals surface area (Å²) in [6.07, 6.45) is 7.72. The van der Waals surface area contributed by atoms with Crippen LogP contribution >= 0.6 is 0 Å². The van der Waals surface area contributed by atoms with Gasteiger partial charge in [0.05, 0.1) is 11.9 Å². The standard InChI is InChI=1S/C19H25N3O2/c1-4-5-6-12(2)9-10-20-19(23)18-13(3)16-15(24-18)8-7-14-11-21-22-17(14)16/h11H,2,4-10H2,1,3H3,(H,20,23)(H,21,22). The Hall–Kier alpha value is -2.30. The second-order valence-corrected chi connectivity index (χ2v) is 6.48. The Labute approximate surface area is 142 Å². The third-order valence-corrected chi connectivity index (χ3v) is 4.66. The molecule has 0 atom stereocenters. The molecule has 5 nitrogen and oxygen atoms in total. The highest BCUT2D eigenvalue weighted by molar-refractivity contribution is 5.95. The van der Waals surface area contributed by atoms with Gasteiger partial charge in [-0.3, -0.25) is 9.89 Å². The van der Waals surface area contributed by atoms with E-state index in [0.29, 0.717) is 12.3 Å². The fourth-order valence-corrected chi connectivity index (χ4v) is 3.24. The highest BCUT2D eigenvalue weighted by Gasteiger charge is 2.28. The van der Waals surface area contributed by atoms with Crippen molar-refractivity contribution in [3.8, 4) is 11.3 Å². The molecule has 3 rings (SSSR count). The first kappa shape index (κ1) is 16.6. The zero-order chi connectivity index (χ0) is 17.1. The minimum absolute atomic E-state index is 0.147. The molecule has 128 valence electrons. The van der Waals surface area contributed by atoms with Crippen LogP contribution in [0.2, 0.25) is 0 Å². The first-order valence-electron chi connectivity index (χ1n) is 8.71. The largest absolute Gasteiger partial charge is 0.455 e. The molecule has 0 bridgehead atoms. The molecule has 1 amide bonds. The van der Waals surface area contributed by atoms with E-state index in [4.69, 9.17) is 4.42 Å². The average Bonchev–Trinajstić information content (AvgIpc) is 3.16. The lowest BCUT2D eigenvalue weighted by molar-refractivity contribution is 0.0923. The van der Waals surface area contributed by atoms with E-state index in [9.17, 15) is 4.79 Å². The van der Waals surface area contributed by atoms with Gasteiger partial charge >= 0.3 is 0 Å². The summed E-state index contributed by atoms with van der Waals surface area (Å²) in [4.78, 5) is 12.5. The molecule has 0 radical (unpaired) electrons. The summed E-state index contributed by atoms with van der Waals surface area (Å²) in [5.41, 5.74) is 5.26. The number of furan rings is 1. The number of carbonyl (C=O) groups is 1. The number of hydrogen-bond acceptors (Lipinski definition) is 3. The summed E-state index contributed by atoms with van der Waals surface area (Å²) >= 11 is 0. The lowest BCUT2D eigenvalue weighted by Gasteiger charge is -2.09. The maximum absolute atomic E-state index is 12.5. The summed E-state index contributed by atoms with van der Waals surface area (Å²) in [5, 5.41) is 10.1. The van der Waals surface area contributed by atoms with Gasteiger partial charge in [-0.2, -0.15) is 5.10 Å². The van der Waals surface area contributed by atoms with Crippen molar-refractivity contribution < 1.29 is 9.21 Å². The normalized spacial score (nSPS) is 12.6. The quantitative estimate of drug-likeness (QED) is 0.757. The number of hydrogen-bond donors (Lipinski definition) is 2. The zero-order valence-electron chi connectivity index (χ0n) is 14.5. The second-order valence-electron chi connectivity index (χ2n) is 6.48. The lowest BCUT2D eigenvalue weighted by Crippen LogP contribution is -2.24. The topological polar surface area (TPSA) is 70.9 Å². The van der Waals surface area contributed by atoms with Crippen LogP contribution in [-0.4, -0.2) is 22.6 Å². The van der Waals surface area contributed by atoms with Gasteiger partial charge in [-0.1, -0.05) is 25.5 Å². The maximum Gasteiger partial charge on any atom is 0.287 e. The van der Waals surface area contributed by atoms with Crippen molar-refractivity contribution in [3.05, 3.63) is 41.0 Å². The van der Waals surface area contributed by atoms with E-state index in [1.807, 2.05) is 13.1 Å². The highest BCUT2D eigenvalue weighted by atomic mass is 16.4. The Morgan fingerprint density at radius 1 is 1.42 bits per heavy atom. The number of fused-ring (bicyclic) bond motifs is 3. The van der Waals surface area contributed by atoms with Crippen molar-refractivity contribution in [3.63, 3.8) is 0 Å². The fraction of sp³-hybridized carbons (Fsp3) is 0.474. The summed E-state index contributed by atoms with van der Waals surface area (Å²) < 4.78 is 5.87. The Kier molecular flexibility index (Phi) is 4.88. The monoisotopic (exact) mass is 327 g/mol. The predicted molar refractivity (Wildman–Crippen MR) is 94.0 cm³/mol. The molecular weight excluding hydrogens is 302 g/mol. The molecule has 1 aliphatic carbocycles. The third-order valence-electron chi connectivity index (χ3n) is 4.66. The second kappa shape index (κ2) is 7.07. The molecule has 2 N–H and O–H groups in total. The number of amides is 1. The van der Waals surface area contributed by atoms with Crippen LogP contribution in [0.1, 0.15) is 60.0 Å². The van der Waals surface area contributed by atoms with Crippen molar-refractivity contribution in [2.45, 2.75) is 52.4 Å². The van der Waals surface area contributed by atoms with Gasteiger partial charge in [-0.05, 0) is 38.2 Å². The molecule has 0 saturated heterocycles. The molecule has 5 heteroatoms. The summed E-state index contributed by atoms with van der Waals surface area (Å²) in [7, 11) is 0. The van der Waals surface area contributed by atoms with Crippen LogP contribution in [0.4, 0.5) is 0 Å². The van der Waals surface area contributed by atoms with E-state index in [-0.39, 0.29) is 5.91 Å². The van der Waals surface area contributed by atoms with E-state index in [1.165, 1.54) is 11.1 Å². The predicted octanol–water partition coefficient (Wildman–Crippen LogP) is 3.94. The minimum Gasteiger partial charge on any atom is -0.455 e. The maximum atomic E-state index is 12.5. The first-order valence-corrected chi connectivity index (χ1v) is 8.71. The van der Waals surface area contributed by atoms with Crippen LogP contribution in [0.15, 0.2) is 22.8 Å². The lowest BCUT2D eigenvalue weighted by atomic mass is 9.93. The molecule has 24 heavy (non-hydrogen) atoms. The summed E-state index contributed by atoms with van der Waals surface area (Å²) in [6, 6.07) is 0. The van der Waals surface area contributed by atoms with Gasteiger partial charge in [0, 0.05) is 24.1 Å². The molecule has 0 saturated carbocycles. The SMILES string of the molecule is C=C(CCCC)CCNC(=O)c1oc2c(c1C)-c1[nH]ncc1CC2. The van der Waals surface area contributed by atoms with Gasteiger partial charge in [-0.25, -0.2) is 0 Å². The smallest absolute Gasteiger partial charge is 0.287 e. The van der Waals surface area contributed by atoms with Crippen molar-refractivity contribution >= 4 is 5.91 Å². The molecule has 0 aromatic carbocycles. The van der Waals surface area contributed by atoms with Crippen LogP contribution in [0.3, 0.4) is 0 Å². The molecule has 0 unspecified atom stereocenters.